The van der Waals surface area contributed by atoms with Crippen molar-refractivity contribution >= 4 is 16.3 Å². The molecule has 0 aliphatic carbocycles. The molecule has 0 aliphatic rings. The molecule has 0 radical (unpaired) electrons. The number of nitrogens with one attached hydrogen (secondary N) is 1. The number of nitro groups is 1. The Labute approximate surface area is 66.6 Å². The minimum atomic E-state index is -0.460. The Morgan fingerprint density at radius 1 is 1.73 bits per heavy atom. The maximum absolute atomic E-state index is 10.3. The van der Waals surface area contributed by atoms with Crippen molar-refractivity contribution in [3.63, 3.8) is 0 Å². The first-order valence-electron chi connectivity index (χ1n) is 2.89. The SMILES string of the molecule is Cc1c([N+](=O)[O-])sc(=N)n1C. The lowest BCUT2D eigenvalue weighted by Gasteiger charge is -1.90. The van der Waals surface area contributed by atoms with Crippen LogP contribution in [0.5, 0.6) is 0 Å². The van der Waals surface area contributed by atoms with Gasteiger partial charge in [0.2, 0.25) is 0 Å². The standard InChI is InChI=1S/C5H7N3O2S/c1-3-4(8(9)10)11-5(6)7(3)2/h6H,1-2H3. The Kier molecular flexibility index (Phi) is 1.77. The Morgan fingerprint density at radius 3 is 2.45 bits per heavy atom. The minimum absolute atomic E-state index is 0.0532. The van der Waals surface area contributed by atoms with Crippen molar-refractivity contribution in [3.8, 4) is 0 Å². The Hall–Kier alpha value is -1.17. The second kappa shape index (κ2) is 2.46. The van der Waals surface area contributed by atoms with Crippen molar-refractivity contribution in [2.24, 2.45) is 7.05 Å². The average molecular weight is 173 g/mol. The molecule has 0 atom stereocenters. The van der Waals surface area contributed by atoms with E-state index in [-0.39, 0.29) is 9.80 Å². The van der Waals surface area contributed by atoms with Crippen molar-refractivity contribution in [2.75, 3.05) is 0 Å². The maximum atomic E-state index is 10.3. The van der Waals surface area contributed by atoms with Crippen molar-refractivity contribution in [3.05, 3.63) is 20.6 Å². The van der Waals surface area contributed by atoms with Crippen LogP contribution in [-0.2, 0) is 7.05 Å². The van der Waals surface area contributed by atoms with Gasteiger partial charge in [-0.2, -0.15) is 0 Å². The van der Waals surface area contributed by atoms with Crippen LogP contribution in [0.1, 0.15) is 5.69 Å². The fourth-order valence-electron chi connectivity index (χ4n) is 0.699. The third kappa shape index (κ3) is 1.16. The normalized spacial score (nSPS) is 10.0. The van der Waals surface area contributed by atoms with Gasteiger partial charge in [-0.15, -0.1) is 0 Å². The summed E-state index contributed by atoms with van der Waals surface area (Å²) in [6, 6.07) is 0. The lowest BCUT2D eigenvalue weighted by molar-refractivity contribution is -0.381. The van der Waals surface area contributed by atoms with Gasteiger partial charge < -0.3 is 4.57 Å². The minimum Gasteiger partial charge on any atom is -0.318 e. The zero-order valence-corrected chi connectivity index (χ0v) is 6.94. The molecule has 11 heavy (non-hydrogen) atoms. The molecule has 0 saturated carbocycles. The van der Waals surface area contributed by atoms with Gasteiger partial charge >= 0.3 is 5.00 Å². The summed E-state index contributed by atoms with van der Waals surface area (Å²) in [5.74, 6) is 0. The molecule has 0 aliphatic heterocycles. The summed E-state index contributed by atoms with van der Waals surface area (Å²) in [5, 5.41) is 17.6. The molecule has 0 saturated heterocycles. The third-order valence-corrected chi connectivity index (χ3v) is 2.58. The molecule has 0 fully saturated rings. The second-order valence-corrected chi connectivity index (χ2v) is 3.09. The fraction of sp³-hybridized carbons (Fsp3) is 0.400. The first kappa shape index (κ1) is 7.93. The molecular weight excluding hydrogens is 166 g/mol. The van der Waals surface area contributed by atoms with E-state index >= 15 is 0 Å². The predicted molar refractivity (Wildman–Crippen MR) is 40.5 cm³/mol. The van der Waals surface area contributed by atoms with E-state index in [9.17, 15) is 10.1 Å². The summed E-state index contributed by atoms with van der Waals surface area (Å²) < 4.78 is 1.49. The van der Waals surface area contributed by atoms with Crippen LogP contribution in [0.4, 0.5) is 5.00 Å². The summed E-state index contributed by atoms with van der Waals surface area (Å²) in [6.07, 6.45) is 0. The molecule has 0 bridgehead atoms. The van der Waals surface area contributed by atoms with E-state index < -0.39 is 4.92 Å². The van der Waals surface area contributed by atoms with E-state index in [1.165, 1.54) is 4.57 Å². The van der Waals surface area contributed by atoms with E-state index in [4.69, 9.17) is 5.41 Å². The Morgan fingerprint density at radius 2 is 2.27 bits per heavy atom. The third-order valence-electron chi connectivity index (χ3n) is 1.48. The molecule has 1 N–H and O–H groups in total. The molecule has 0 amide bonds. The zero-order chi connectivity index (χ0) is 8.59. The number of hydrogen-bond acceptors (Lipinski definition) is 4. The van der Waals surface area contributed by atoms with Crippen LogP contribution in [0.3, 0.4) is 0 Å². The van der Waals surface area contributed by atoms with Crippen LogP contribution in [-0.4, -0.2) is 9.49 Å². The van der Waals surface area contributed by atoms with Gasteiger partial charge in [-0.3, -0.25) is 15.5 Å². The van der Waals surface area contributed by atoms with Crippen molar-refractivity contribution < 1.29 is 4.92 Å². The number of rotatable bonds is 1. The number of thiazole rings is 1. The number of hydrogen-bond donors (Lipinski definition) is 1. The fourth-order valence-corrected chi connectivity index (χ4v) is 1.52. The first-order chi connectivity index (χ1) is 5.04. The smallest absolute Gasteiger partial charge is 0.318 e. The average Bonchev–Trinajstić information content (AvgIpc) is 2.17. The van der Waals surface area contributed by atoms with Gasteiger partial charge in [0, 0.05) is 7.05 Å². The van der Waals surface area contributed by atoms with Gasteiger partial charge in [-0.05, 0) is 18.3 Å². The van der Waals surface area contributed by atoms with Gasteiger partial charge in [0.1, 0.15) is 5.69 Å². The lowest BCUT2D eigenvalue weighted by Crippen LogP contribution is -2.08. The molecule has 0 spiro atoms. The lowest BCUT2D eigenvalue weighted by atomic mass is 10.5. The van der Waals surface area contributed by atoms with Crippen LogP contribution in [0.25, 0.3) is 0 Å². The summed E-state index contributed by atoms with van der Waals surface area (Å²) in [4.78, 5) is 10.0. The predicted octanol–water partition coefficient (Wildman–Crippen LogP) is 0.783. The van der Waals surface area contributed by atoms with E-state index in [1.54, 1.807) is 14.0 Å². The molecule has 5 nitrogen and oxygen atoms in total. The second-order valence-electron chi connectivity index (χ2n) is 2.11. The molecule has 1 aromatic rings. The summed E-state index contributed by atoms with van der Waals surface area (Å²) in [5.41, 5.74) is 0.532. The largest absolute Gasteiger partial charge is 0.346 e. The highest BCUT2D eigenvalue weighted by Gasteiger charge is 2.15. The number of nitrogens with zero attached hydrogens (tertiary/aromatic N) is 2. The first-order valence-corrected chi connectivity index (χ1v) is 3.71. The van der Waals surface area contributed by atoms with Crippen LogP contribution in [0, 0.1) is 22.4 Å². The van der Waals surface area contributed by atoms with E-state index in [1.807, 2.05) is 0 Å². The van der Waals surface area contributed by atoms with Gasteiger partial charge in [0.15, 0.2) is 4.80 Å². The monoisotopic (exact) mass is 173 g/mol. The van der Waals surface area contributed by atoms with Gasteiger partial charge in [0.25, 0.3) is 0 Å². The number of aromatic nitrogens is 1. The van der Waals surface area contributed by atoms with Gasteiger partial charge in [-0.1, -0.05) is 0 Å². The molecule has 0 unspecified atom stereocenters. The van der Waals surface area contributed by atoms with Crippen molar-refractivity contribution in [1.82, 2.24) is 4.57 Å². The summed E-state index contributed by atoms with van der Waals surface area (Å²) in [7, 11) is 1.64. The highest BCUT2D eigenvalue weighted by atomic mass is 32.1. The highest BCUT2D eigenvalue weighted by molar-refractivity contribution is 7.12. The molecule has 0 aromatic carbocycles. The van der Waals surface area contributed by atoms with Crippen LogP contribution in [0.15, 0.2) is 0 Å². The molecule has 1 rings (SSSR count). The van der Waals surface area contributed by atoms with Crippen LogP contribution >= 0.6 is 11.3 Å². The molecular formula is C5H7N3O2S. The van der Waals surface area contributed by atoms with Gasteiger partial charge in [0.05, 0.1) is 4.92 Å². The quantitative estimate of drug-likeness (QED) is 0.503. The zero-order valence-electron chi connectivity index (χ0n) is 6.12. The Bertz CT molecular complexity index is 351. The molecule has 6 heteroatoms. The van der Waals surface area contributed by atoms with E-state index in [0.717, 1.165) is 11.3 Å². The van der Waals surface area contributed by atoms with E-state index in [0.29, 0.717) is 5.69 Å². The van der Waals surface area contributed by atoms with Crippen LogP contribution < -0.4 is 4.80 Å². The molecule has 60 valence electrons. The summed E-state index contributed by atoms with van der Waals surface area (Å²) in [6.45, 7) is 1.63. The Balaban J connectivity index is 3.42. The van der Waals surface area contributed by atoms with Crippen molar-refractivity contribution in [2.45, 2.75) is 6.92 Å². The van der Waals surface area contributed by atoms with E-state index in [2.05, 4.69) is 0 Å². The summed E-state index contributed by atoms with van der Waals surface area (Å²) >= 11 is 0.880. The molecule has 1 heterocycles. The molecule has 1 aromatic heterocycles. The topological polar surface area (TPSA) is 71.9 Å². The highest BCUT2D eigenvalue weighted by Crippen LogP contribution is 2.19. The van der Waals surface area contributed by atoms with Gasteiger partial charge in [-0.25, -0.2) is 0 Å². The maximum Gasteiger partial charge on any atom is 0.346 e. The van der Waals surface area contributed by atoms with Crippen LogP contribution in [0.2, 0.25) is 0 Å². The van der Waals surface area contributed by atoms with Crippen molar-refractivity contribution in [1.29, 1.82) is 5.41 Å².